The summed E-state index contributed by atoms with van der Waals surface area (Å²) < 4.78 is 7.54. The van der Waals surface area contributed by atoms with E-state index in [4.69, 9.17) is 9.72 Å². The molecular formula is C27H29N3O2. The van der Waals surface area contributed by atoms with Crippen molar-refractivity contribution in [3.63, 3.8) is 0 Å². The van der Waals surface area contributed by atoms with Gasteiger partial charge in [0.2, 0.25) is 5.91 Å². The van der Waals surface area contributed by atoms with Gasteiger partial charge < -0.3 is 14.6 Å². The van der Waals surface area contributed by atoms with Gasteiger partial charge in [0.1, 0.15) is 11.6 Å². The summed E-state index contributed by atoms with van der Waals surface area (Å²) in [4.78, 5) is 17.2. The molecule has 0 saturated carbocycles. The highest BCUT2D eigenvalue weighted by Crippen LogP contribution is 2.20. The molecule has 164 valence electrons. The first-order chi connectivity index (χ1) is 15.6. The van der Waals surface area contributed by atoms with Gasteiger partial charge >= 0.3 is 0 Å². The Morgan fingerprint density at radius 3 is 2.53 bits per heavy atom. The number of para-hydroxylation sites is 2. The van der Waals surface area contributed by atoms with Crippen LogP contribution in [0, 0.1) is 6.92 Å². The predicted octanol–water partition coefficient (Wildman–Crippen LogP) is 4.69. The number of nitrogens with one attached hydrogen (secondary N) is 1. The number of hydrogen-bond donors (Lipinski definition) is 1. The number of ether oxygens (including phenoxy) is 1. The van der Waals surface area contributed by atoms with Crippen molar-refractivity contribution in [3.05, 3.63) is 95.3 Å². The van der Waals surface area contributed by atoms with Crippen molar-refractivity contribution in [2.75, 3.05) is 13.7 Å². The van der Waals surface area contributed by atoms with Crippen molar-refractivity contribution < 1.29 is 9.53 Å². The maximum atomic E-state index is 12.3. The van der Waals surface area contributed by atoms with Crippen LogP contribution in [0.1, 0.15) is 28.9 Å². The highest BCUT2D eigenvalue weighted by molar-refractivity contribution is 5.79. The lowest BCUT2D eigenvalue weighted by Gasteiger charge is -2.11. The first-order valence-corrected chi connectivity index (χ1v) is 11.0. The molecule has 1 amide bonds. The number of carbonyl (C=O) groups is 1. The van der Waals surface area contributed by atoms with Crippen LogP contribution in [0.5, 0.6) is 5.75 Å². The number of amides is 1. The monoisotopic (exact) mass is 427 g/mol. The van der Waals surface area contributed by atoms with Gasteiger partial charge in [-0.15, -0.1) is 0 Å². The first-order valence-electron chi connectivity index (χ1n) is 11.0. The van der Waals surface area contributed by atoms with Crippen LogP contribution in [-0.4, -0.2) is 29.1 Å². The van der Waals surface area contributed by atoms with Gasteiger partial charge in [-0.1, -0.05) is 48.5 Å². The summed E-state index contributed by atoms with van der Waals surface area (Å²) in [7, 11) is 1.68. The molecular weight excluding hydrogens is 398 g/mol. The highest BCUT2D eigenvalue weighted by atomic mass is 16.5. The van der Waals surface area contributed by atoms with E-state index in [1.165, 1.54) is 5.56 Å². The van der Waals surface area contributed by atoms with Crippen molar-refractivity contribution in [2.24, 2.45) is 0 Å². The second-order valence-electron chi connectivity index (χ2n) is 8.01. The molecule has 5 heteroatoms. The number of rotatable bonds is 9. The van der Waals surface area contributed by atoms with Crippen LogP contribution >= 0.6 is 0 Å². The van der Waals surface area contributed by atoms with Crippen molar-refractivity contribution in [3.8, 4) is 5.75 Å². The zero-order valence-corrected chi connectivity index (χ0v) is 18.7. The molecule has 0 spiro atoms. The normalized spacial score (nSPS) is 10.9. The quantitative estimate of drug-likeness (QED) is 0.394. The van der Waals surface area contributed by atoms with E-state index in [9.17, 15) is 4.79 Å². The average Bonchev–Trinajstić information content (AvgIpc) is 3.16. The molecule has 0 aliphatic rings. The van der Waals surface area contributed by atoms with Gasteiger partial charge in [-0.25, -0.2) is 4.98 Å². The van der Waals surface area contributed by atoms with Crippen LogP contribution in [0.3, 0.4) is 0 Å². The third kappa shape index (κ3) is 5.17. The second kappa shape index (κ2) is 10.1. The zero-order valence-electron chi connectivity index (χ0n) is 18.7. The molecule has 0 saturated heterocycles. The van der Waals surface area contributed by atoms with Crippen LogP contribution in [0.2, 0.25) is 0 Å². The van der Waals surface area contributed by atoms with Crippen molar-refractivity contribution >= 4 is 16.9 Å². The van der Waals surface area contributed by atoms with Gasteiger partial charge in [-0.3, -0.25) is 4.79 Å². The Labute approximate surface area is 189 Å². The lowest BCUT2D eigenvalue weighted by atomic mass is 10.1. The van der Waals surface area contributed by atoms with E-state index in [2.05, 4.69) is 28.1 Å². The minimum atomic E-state index is 0.0611. The molecule has 5 nitrogen and oxygen atoms in total. The molecule has 0 aliphatic carbocycles. The van der Waals surface area contributed by atoms with E-state index >= 15 is 0 Å². The fraction of sp³-hybridized carbons (Fsp3) is 0.259. The molecule has 4 rings (SSSR count). The number of aryl methyl sites for hydroxylation is 2. The Bertz CT molecular complexity index is 1200. The van der Waals surface area contributed by atoms with Crippen molar-refractivity contribution in [1.82, 2.24) is 14.9 Å². The molecule has 0 unspecified atom stereocenters. The lowest BCUT2D eigenvalue weighted by molar-refractivity contribution is -0.120. The van der Waals surface area contributed by atoms with Gasteiger partial charge in [-0.05, 0) is 54.3 Å². The van der Waals surface area contributed by atoms with Gasteiger partial charge in [0.05, 0.1) is 24.6 Å². The van der Waals surface area contributed by atoms with Gasteiger partial charge in [0.15, 0.2) is 0 Å². The maximum absolute atomic E-state index is 12.3. The molecule has 0 radical (unpaired) electrons. The van der Waals surface area contributed by atoms with E-state index in [1.54, 1.807) is 7.11 Å². The number of benzene rings is 3. The standard InChI is InChI=1S/C27H29N3O2/c1-20-8-3-4-9-22(20)18-27(31)28-17-7-12-26-29-24-10-5-6-11-25(24)30(26)19-21-13-15-23(32-2)16-14-21/h3-6,8-11,13-16H,7,12,17-19H2,1-2H3,(H,28,31). The predicted molar refractivity (Wildman–Crippen MR) is 128 cm³/mol. The van der Waals surface area contributed by atoms with Crippen LogP contribution in [0.15, 0.2) is 72.8 Å². The third-order valence-corrected chi connectivity index (χ3v) is 5.74. The number of aromatic nitrogens is 2. The van der Waals surface area contributed by atoms with E-state index < -0.39 is 0 Å². The van der Waals surface area contributed by atoms with E-state index in [1.807, 2.05) is 61.5 Å². The molecule has 0 atom stereocenters. The summed E-state index contributed by atoms with van der Waals surface area (Å²) in [6.45, 7) is 3.42. The number of fused-ring (bicyclic) bond motifs is 1. The number of hydrogen-bond acceptors (Lipinski definition) is 3. The van der Waals surface area contributed by atoms with Crippen molar-refractivity contribution in [2.45, 2.75) is 32.7 Å². The fourth-order valence-corrected chi connectivity index (χ4v) is 3.92. The molecule has 0 fully saturated rings. The molecule has 4 aromatic rings. The minimum absolute atomic E-state index is 0.0611. The molecule has 0 aliphatic heterocycles. The maximum Gasteiger partial charge on any atom is 0.224 e. The topological polar surface area (TPSA) is 56.1 Å². The summed E-state index contributed by atoms with van der Waals surface area (Å²) in [5.41, 5.74) is 5.55. The summed E-state index contributed by atoms with van der Waals surface area (Å²) in [5, 5.41) is 3.05. The number of imidazole rings is 1. The fourth-order valence-electron chi connectivity index (χ4n) is 3.92. The van der Waals surface area contributed by atoms with Gasteiger partial charge in [0.25, 0.3) is 0 Å². The molecule has 1 heterocycles. The zero-order chi connectivity index (χ0) is 22.3. The molecule has 32 heavy (non-hydrogen) atoms. The lowest BCUT2D eigenvalue weighted by Crippen LogP contribution is -2.26. The summed E-state index contributed by atoms with van der Waals surface area (Å²) in [6.07, 6.45) is 2.06. The van der Waals surface area contributed by atoms with E-state index in [0.717, 1.165) is 53.1 Å². The smallest absolute Gasteiger partial charge is 0.224 e. The van der Waals surface area contributed by atoms with Crippen LogP contribution in [-0.2, 0) is 24.2 Å². The van der Waals surface area contributed by atoms with Gasteiger partial charge in [0, 0.05) is 19.5 Å². The number of nitrogens with zero attached hydrogens (tertiary/aromatic N) is 2. The molecule has 0 bridgehead atoms. The van der Waals surface area contributed by atoms with Crippen LogP contribution < -0.4 is 10.1 Å². The molecule has 3 aromatic carbocycles. The number of methoxy groups -OCH3 is 1. The van der Waals surface area contributed by atoms with Crippen LogP contribution in [0.4, 0.5) is 0 Å². The molecule has 1 aromatic heterocycles. The van der Waals surface area contributed by atoms with Crippen molar-refractivity contribution in [1.29, 1.82) is 0 Å². The Morgan fingerprint density at radius 2 is 1.75 bits per heavy atom. The van der Waals surface area contributed by atoms with Crippen LogP contribution in [0.25, 0.3) is 11.0 Å². The Morgan fingerprint density at radius 1 is 1.00 bits per heavy atom. The minimum Gasteiger partial charge on any atom is -0.497 e. The average molecular weight is 428 g/mol. The summed E-state index contributed by atoms with van der Waals surface area (Å²) >= 11 is 0. The van der Waals surface area contributed by atoms with E-state index in [0.29, 0.717) is 13.0 Å². The highest BCUT2D eigenvalue weighted by Gasteiger charge is 2.11. The third-order valence-electron chi connectivity index (χ3n) is 5.74. The number of carbonyl (C=O) groups excluding carboxylic acids is 1. The first kappa shape index (κ1) is 21.6. The molecule has 1 N–H and O–H groups in total. The summed E-state index contributed by atoms with van der Waals surface area (Å²) in [6, 6.07) is 24.4. The summed E-state index contributed by atoms with van der Waals surface area (Å²) in [5.74, 6) is 1.95. The van der Waals surface area contributed by atoms with E-state index in [-0.39, 0.29) is 5.91 Å². The van der Waals surface area contributed by atoms with Gasteiger partial charge in [-0.2, -0.15) is 0 Å². The largest absolute Gasteiger partial charge is 0.497 e. The SMILES string of the molecule is COc1ccc(Cn2c(CCCNC(=O)Cc3ccccc3C)nc3ccccc32)cc1. The second-order valence-corrected chi connectivity index (χ2v) is 8.01. The Hall–Kier alpha value is -3.60. The Kier molecular flexibility index (Phi) is 6.85. The Balaban J connectivity index is 1.39.